The first kappa shape index (κ1) is 8.11. The van der Waals surface area contributed by atoms with Crippen molar-refractivity contribution in [3.8, 4) is 0 Å². The quantitative estimate of drug-likeness (QED) is 0.622. The van der Waals surface area contributed by atoms with Gasteiger partial charge in [0.15, 0.2) is 0 Å². The minimum Gasteiger partial charge on any atom is -0.493 e. The van der Waals surface area contributed by atoms with Gasteiger partial charge >= 0.3 is 0 Å². The third-order valence-electron chi connectivity index (χ3n) is 2.21. The first-order valence-electron chi connectivity index (χ1n) is 4.43. The smallest absolute Gasteiger partial charge is 0.127 e. The number of fused-ring (bicyclic) bond motifs is 1. The Kier molecular flexibility index (Phi) is 2.17. The molecule has 0 bridgehead atoms. The van der Waals surface area contributed by atoms with Crippen molar-refractivity contribution in [2.24, 2.45) is 0 Å². The van der Waals surface area contributed by atoms with Gasteiger partial charge in [-0.15, -0.1) is 6.58 Å². The summed E-state index contributed by atoms with van der Waals surface area (Å²) < 4.78 is 5.49. The van der Waals surface area contributed by atoms with E-state index in [9.17, 15) is 0 Å². The van der Waals surface area contributed by atoms with Crippen molar-refractivity contribution in [2.45, 2.75) is 12.5 Å². The van der Waals surface area contributed by atoms with E-state index in [1.165, 1.54) is 11.1 Å². The third kappa shape index (κ3) is 1.50. The van der Waals surface area contributed by atoms with Crippen LogP contribution < -0.4 is 0 Å². The molecule has 0 spiro atoms. The number of benzene rings is 1. The van der Waals surface area contributed by atoms with E-state index in [2.05, 4.69) is 18.7 Å². The Labute approximate surface area is 78.3 Å². The molecule has 1 aromatic rings. The minimum atomic E-state index is 0.152. The summed E-state index contributed by atoms with van der Waals surface area (Å²) in [7, 11) is 0. The molecular formula is C12H12O. The van der Waals surface area contributed by atoms with Gasteiger partial charge < -0.3 is 4.74 Å². The lowest BCUT2D eigenvalue weighted by Crippen LogP contribution is -2.04. The zero-order valence-corrected chi connectivity index (χ0v) is 7.44. The van der Waals surface area contributed by atoms with E-state index in [1.807, 2.05) is 24.3 Å². The second-order valence-corrected chi connectivity index (χ2v) is 3.08. The fourth-order valence-corrected chi connectivity index (χ4v) is 1.57. The van der Waals surface area contributed by atoms with E-state index < -0.39 is 0 Å². The van der Waals surface area contributed by atoms with E-state index in [-0.39, 0.29) is 6.10 Å². The molecule has 0 saturated carbocycles. The monoisotopic (exact) mass is 172 g/mol. The van der Waals surface area contributed by atoms with Crippen molar-refractivity contribution < 1.29 is 4.74 Å². The molecule has 0 aromatic heterocycles. The Hall–Kier alpha value is -1.50. The molecule has 1 heterocycles. The standard InChI is InChI=1S/C12H12O/c1-2-5-12-11-7-4-3-6-10(11)8-9-13-12/h2-4,6-9,12H,1,5H2. The van der Waals surface area contributed by atoms with Gasteiger partial charge in [-0.05, 0) is 17.2 Å². The number of hydrogen-bond acceptors (Lipinski definition) is 1. The van der Waals surface area contributed by atoms with Gasteiger partial charge in [0.1, 0.15) is 6.10 Å². The molecule has 1 nitrogen and oxygen atoms in total. The second kappa shape index (κ2) is 3.48. The summed E-state index contributed by atoms with van der Waals surface area (Å²) >= 11 is 0. The van der Waals surface area contributed by atoms with Crippen LogP contribution >= 0.6 is 0 Å². The molecule has 0 aliphatic carbocycles. The lowest BCUT2D eigenvalue weighted by Gasteiger charge is -2.21. The molecule has 1 aliphatic rings. The maximum absolute atomic E-state index is 5.49. The van der Waals surface area contributed by atoms with Crippen LogP contribution in [0, 0.1) is 0 Å². The van der Waals surface area contributed by atoms with Gasteiger partial charge in [-0.1, -0.05) is 30.3 Å². The lowest BCUT2D eigenvalue weighted by molar-refractivity contribution is 0.147. The molecule has 1 unspecified atom stereocenters. The molecular weight excluding hydrogens is 160 g/mol. The second-order valence-electron chi connectivity index (χ2n) is 3.08. The van der Waals surface area contributed by atoms with Crippen LogP contribution in [0.3, 0.4) is 0 Å². The summed E-state index contributed by atoms with van der Waals surface area (Å²) in [5, 5.41) is 0. The van der Waals surface area contributed by atoms with Gasteiger partial charge in [0.25, 0.3) is 0 Å². The molecule has 0 N–H and O–H groups in total. The average molecular weight is 172 g/mol. The molecule has 0 fully saturated rings. The summed E-state index contributed by atoms with van der Waals surface area (Å²) in [4.78, 5) is 0. The van der Waals surface area contributed by atoms with E-state index in [0.29, 0.717) is 0 Å². The maximum Gasteiger partial charge on any atom is 0.127 e. The van der Waals surface area contributed by atoms with Crippen molar-refractivity contribution in [3.63, 3.8) is 0 Å². The number of rotatable bonds is 2. The summed E-state index contributed by atoms with van der Waals surface area (Å²) in [5.74, 6) is 0. The van der Waals surface area contributed by atoms with Crippen molar-refractivity contribution in [1.29, 1.82) is 0 Å². The first-order valence-corrected chi connectivity index (χ1v) is 4.43. The molecule has 66 valence electrons. The van der Waals surface area contributed by atoms with Gasteiger partial charge in [-0.25, -0.2) is 0 Å². The molecule has 13 heavy (non-hydrogen) atoms. The Morgan fingerprint density at radius 3 is 3.08 bits per heavy atom. The topological polar surface area (TPSA) is 9.23 Å². The van der Waals surface area contributed by atoms with Crippen molar-refractivity contribution in [3.05, 3.63) is 54.3 Å². The van der Waals surface area contributed by atoms with Crippen molar-refractivity contribution >= 4 is 6.08 Å². The highest BCUT2D eigenvalue weighted by Crippen LogP contribution is 2.29. The molecule has 1 atom stereocenters. The summed E-state index contributed by atoms with van der Waals surface area (Å²) in [5.41, 5.74) is 2.51. The van der Waals surface area contributed by atoms with Gasteiger partial charge in [0, 0.05) is 6.42 Å². The van der Waals surface area contributed by atoms with Crippen molar-refractivity contribution in [2.75, 3.05) is 0 Å². The molecule has 0 radical (unpaired) electrons. The molecule has 2 rings (SSSR count). The summed E-state index contributed by atoms with van der Waals surface area (Å²) in [6.07, 6.45) is 6.66. The molecule has 0 saturated heterocycles. The van der Waals surface area contributed by atoms with Crippen LogP contribution in [0.1, 0.15) is 23.7 Å². The number of hydrogen-bond donors (Lipinski definition) is 0. The Morgan fingerprint density at radius 1 is 1.38 bits per heavy atom. The minimum absolute atomic E-state index is 0.152. The highest BCUT2D eigenvalue weighted by atomic mass is 16.5. The van der Waals surface area contributed by atoms with Gasteiger partial charge in [0.05, 0.1) is 6.26 Å². The summed E-state index contributed by atoms with van der Waals surface area (Å²) in [6, 6.07) is 8.29. The maximum atomic E-state index is 5.49. The Morgan fingerprint density at radius 2 is 2.23 bits per heavy atom. The highest BCUT2D eigenvalue weighted by Gasteiger charge is 2.15. The first-order chi connectivity index (χ1) is 6.42. The average Bonchev–Trinajstić information content (AvgIpc) is 2.19. The highest BCUT2D eigenvalue weighted by molar-refractivity contribution is 5.55. The largest absolute Gasteiger partial charge is 0.493 e. The molecule has 0 amide bonds. The number of ether oxygens (including phenoxy) is 1. The fraction of sp³-hybridized carbons (Fsp3) is 0.167. The van der Waals surface area contributed by atoms with Crippen LogP contribution in [0.2, 0.25) is 0 Å². The van der Waals surface area contributed by atoms with Crippen LogP contribution in [0.5, 0.6) is 0 Å². The fourth-order valence-electron chi connectivity index (χ4n) is 1.57. The van der Waals surface area contributed by atoms with Gasteiger partial charge in [-0.3, -0.25) is 0 Å². The summed E-state index contributed by atoms with van der Waals surface area (Å²) in [6.45, 7) is 3.72. The van der Waals surface area contributed by atoms with Gasteiger partial charge in [-0.2, -0.15) is 0 Å². The normalized spacial score (nSPS) is 18.9. The van der Waals surface area contributed by atoms with Crippen LogP contribution in [-0.4, -0.2) is 0 Å². The predicted molar refractivity (Wildman–Crippen MR) is 54.1 cm³/mol. The molecule has 1 aliphatic heterocycles. The van der Waals surface area contributed by atoms with Crippen molar-refractivity contribution in [1.82, 2.24) is 0 Å². The predicted octanol–water partition coefficient (Wildman–Crippen LogP) is 3.30. The SMILES string of the molecule is C=CCC1OC=Cc2ccccc21. The van der Waals surface area contributed by atoms with E-state index in [1.54, 1.807) is 6.26 Å². The molecule has 1 aromatic carbocycles. The van der Waals surface area contributed by atoms with Crippen LogP contribution in [0.15, 0.2) is 43.2 Å². The van der Waals surface area contributed by atoms with Crippen LogP contribution in [-0.2, 0) is 4.74 Å². The molecule has 1 heteroatoms. The zero-order chi connectivity index (χ0) is 9.10. The Balaban J connectivity index is 2.37. The zero-order valence-electron chi connectivity index (χ0n) is 7.44. The Bertz CT molecular complexity index is 339. The van der Waals surface area contributed by atoms with E-state index in [4.69, 9.17) is 4.74 Å². The van der Waals surface area contributed by atoms with E-state index >= 15 is 0 Å². The lowest BCUT2D eigenvalue weighted by atomic mass is 9.99. The van der Waals surface area contributed by atoms with Crippen LogP contribution in [0.4, 0.5) is 0 Å². The third-order valence-corrected chi connectivity index (χ3v) is 2.21. The van der Waals surface area contributed by atoms with Gasteiger partial charge in [0.2, 0.25) is 0 Å². The van der Waals surface area contributed by atoms with Crippen LogP contribution in [0.25, 0.3) is 6.08 Å². The van der Waals surface area contributed by atoms with E-state index in [0.717, 1.165) is 6.42 Å².